The lowest BCUT2D eigenvalue weighted by atomic mass is 9.91. The molecule has 0 amide bonds. The standard InChI is InChI=1S/C23H34N2/c1-7-17(4)25-23-14-21(13-12-20-10-8-9-11-20)22(15-24-23)19(6)18(5)16(2)3/h7,14-15,20H,2,8-13H2,1,3-6H3,(H,24,25)/b17-7+,19-18+. The predicted octanol–water partition coefficient (Wildman–Crippen LogP) is 6.91. The number of allylic oxidation sites excluding steroid dienone is 5. The zero-order chi connectivity index (χ0) is 18.4. The van der Waals surface area contributed by atoms with E-state index in [1.54, 1.807) is 0 Å². The quantitative estimate of drug-likeness (QED) is 0.546. The average Bonchev–Trinajstić information content (AvgIpc) is 3.12. The van der Waals surface area contributed by atoms with Gasteiger partial charge in [-0.15, -0.1) is 0 Å². The van der Waals surface area contributed by atoms with Gasteiger partial charge in [0, 0.05) is 11.9 Å². The first-order chi connectivity index (χ1) is 11.9. The molecule has 2 heteroatoms. The molecule has 25 heavy (non-hydrogen) atoms. The molecule has 0 unspecified atom stereocenters. The molecule has 0 saturated heterocycles. The number of hydrogen-bond acceptors (Lipinski definition) is 2. The summed E-state index contributed by atoms with van der Waals surface area (Å²) < 4.78 is 0. The van der Waals surface area contributed by atoms with Crippen LogP contribution >= 0.6 is 0 Å². The van der Waals surface area contributed by atoms with Crippen molar-refractivity contribution in [1.29, 1.82) is 0 Å². The van der Waals surface area contributed by atoms with Crippen LogP contribution < -0.4 is 5.32 Å². The molecule has 1 saturated carbocycles. The number of nitrogens with one attached hydrogen (secondary N) is 1. The Morgan fingerprint density at radius 2 is 1.92 bits per heavy atom. The monoisotopic (exact) mass is 338 g/mol. The molecule has 136 valence electrons. The van der Waals surface area contributed by atoms with Crippen LogP contribution in [0.1, 0.15) is 77.8 Å². The van der Waals surface area contributed by atoms with Gasteiger partial charge in [-0.25, -0.2) is 4.98 Å². The minimum Gasteiger partial charge on any atom is -0.344 e. The predicted molar refractivity (Wildman–Crippen MR) is 111 cm³/mol. The SMILES string of the molecule is C=C(C)/C(C)=C(\C)c1cnc(N/C(C)=C/C)cc1CCC1CCCC1. The Balaban J connectivity index is 2.32. The molecule has 0 aromatic carbocycles. The van der Waals surface area contributed by atoms with Crippen molar-refractivity contribution in [3.05, 3.63) is 52.9 Å². The van der Waals surface area contributed by atoms with Gasteiger partial charge >= 0.3 is 0 Å². The van der Waals surface area contributed by atoms with Crippen LogP contribution in [-0.2, 0) is 6.42 Å². The maximum Gasteiger partial charge on any atom is 0.130 e. The van der Waals surface area contributed by atoms with Crippen molar-refractivity contribution < 1.29 is 0 Å². The molecule has 0 radical (unpaired) electrons. The Kier molecular flexibility index (Phi) is 7.04. The maximum absolute atomic E-state index is 4.65. The van der Waals surface area contributed by atoms with Gasteiger partial charge in [0.2, 0.25) is 0 Å². The van der Waals surface area contributed by atoms with E-state index in [1.807, 2.05) is 13.1 Å². The van der Waals surface area contributed by atoms with E-state index in [2.05, 4.69) is 56.7 Å². The third-order valence-electron chi connectivity index (χ3n) is 5.65. The Hall–Kier alpha value is -1.83. The lowest BCUT2D eigenvalue weighted by Gasteiger charge is -2.17. The van der Waals surface area contributed by atoms with Crippen molar-refractivity contribution in [2.24, 2.45) is 5.92 Å². The lowest BCUT2D eigenvalue weighted by Crippen LogP contribution is -2.04. The molecule has 0 aliphatic heterocycles. The molecule has 1 aromatic heterocycles. The van der Waals surface area contributed by atoms with E-state index in [-0.39, 0.29) is 0 Å². The third kappa shape index (κ3) is 5.32. The molecule has 1 aliphatic carbocycles. The smallest absolute Gasteiger partial charge is 0.130 e. The molecular weight excluding hydrogens is 304 g/mol. The second-order valence-corrected chi connectivity index (χ2v) is 7.54. The van der Waals surface area contributed by atoms with Crippen LogP contribution in [0.3, 0.4) is 0 Å². The van der Waals surface area contributed by atoms with Crippen LogP contribution in [0.25, 0.3) is 5.57 Å². The van der Waals surface area contributed by atoms with Crippen LogP contribution in [0.15, 0.2) is 41.8 Å². The molecular formula is C23H34N2. The van der Waals surface area contributed by atoms with Crippen molar-refractivity contribution in [1.82, 2.24) is 4.98 Å². The molecule has 1 heterocycles. The Labute approximate surface area is 154 Å². The van der Waals surface area contributed by atoms with Gasteiger partial charge in [-0.3, -0.25) is 0 Å². The van der Waals surface area contributed by atoms with Gasteiger partial charge in [-0.2, -0.15) is 0 Å². The summed E-state index contributed by atoms with van der Waals surface area (Å²) in [4.78, 5) is 4.65. The summed E-state index contributed by atoms with van der Waals surface area (Å²) >= 11 is 0. The molecule has 2 rings (SSSR count). The molecule has 1 fully saturated rings. The van der Waals surface area contributed by atoms with Gasteiger partial charge < -0.3 is 5.32 Å². The number of nitrogens with zero attached hydrogens (tertiary/aromatic N) is 1. The van der Waals surface area contributed by atoms with Crippen LogP contribution in [-0.4, -0.2) is 4.98 Å². The number of pyridine rings is 1. The second-order valence-electron chi connectivity index (χ2n) is 7.54. The van der Waals surface area contributed by atoms with Gasteiger partial charge in [0.05, 0.1) is 0 Å². The van der Waals surface area contributed by atoms with E-state index in [0.29, 0.717) is 0 Å². The van der Waals surface area contributed by atoms with Gasteiger partial charge in [-0.1, -0.05) is 43.9 Å². The summed E-state index contributed by atoms with van der Waals surface area (Å²) in [6.07, 6.45) is 12.2. The molecule has 0 bridgehead atoms. The van der Waals surface area contributed by atoms with Crippen molar-refractivity contribution >= 4 is 11.4 Å². The Bertz CT molecular complexity index is 673. The molecule has 1 N–H and O–H groups in total. The van der Waals surface area contributed by atoms with Gasteiger partial charge in [-0.05, 0) is 81.7 Å². The zero-order valence-corrected chi connectivity index (χ0v) is 16.7. The normalized spacial score (nSPS) is 16.8. The highest BCUT2D eigenvalue weighted by molar-refractivity contribution is 5.72. The highest BCUT2D eigenvalue weighted by Crippen LogP contribution is 2.32. The highest BCUT2D eigenvalue weighted by Gasteiger charge is 2.17. The number of aryl methyl sites for hydroxylation is 1. The van der Waals surface area contributed by atoms with Crippen LogP contribution in [0.2, 0.25) is 0 Å². The van der Waals surface area contributed by atoms with Crippen LogP contribution in [0.4, 0.5) is 5.82 Å². The van der Waals surface area contributed by atoms with E-state index in [4.69, 9.17) is 0 Å². The minimum atomic E-state index is 0.904. The molecule has 2 nitrogen and oxygen atoms in total. The van der Waals surface area contributed by atoms with Crippen molar-refractivity contribution in [2.75, 3.05) is 5.32 Å². The van der Waals surface area contributed by atoms with Gasteiger partial charge in [0.15, 0.2) is 0 Å². The summed E-state index contributed by atoms with van der Waals surface area (Å²) in [6, 6.07) is 2.24. The minimum absolute atomic E-state index is 0.904. The molecule has 0 spiro atoms. The maximum atomic E-state index is 4.65. The van der Waals surface area contributed by atoms with Gasteiger partial charge in [0.1, 0.15) is 5.82 Å². The largest absolute Gasteiger partial charge is 0.344 e. The van der Waals surface area contributed by atoms with Crippen LogP contribution in [0.5, 0.6) is 0 Å². The molecule has 1 aromatic rings. The number of anilines is 1. The summed E-state index contributed by atoms with van der Waals surface area (Å²) in [5.74, 6) is 1.85. The summed E-state index contributed by atoms with van der Waals surface area (Å²) in [5, 5.41) is 3.39. The molecule has 1 aliphatic rings. The number of hydrogen-bond donors (Lipinski definition) is 1. The summed E-state index contributed by atoms with van der Waals surface area (Å²) in [5.41, 5.74) is 7.53. The van der Waals surface area contributed by atoms with Crippen molar-refractivity contribution in [3.8, 4) is 0 Å². The highest BCUT2D eigenvalue weighted by atomic mass is 15.0. The van der Waals surface area contributed by atoms with E-state index in [0.717, 1.165) is 29.4 Å². The van der Waals surface area contributed by atoms with E-state index < -0.39 is 0 Å². The fourth-order valence-electron chi connectivity index (χ4n) is 3.56. The van der Waals surface area contributed by atoms with Gasteiger partial charge in [0.25, 0.3) is 0 Å². The van der Waals surface area contributed by atoms with Crippen molar-refractivity contribution in [3.63, 3.8) is 0 Å². The summed E-state index contributed by atoms with van der Waals surface area (Å²) in [7, 11) is 0. The lowest BCUT2D eigenvalue weighted by molar-refractivity contribution is 0.503. The second kappa shape index (κ2) is 9.03. The number of rotatable bonds is 7. The number of aromatic nitrogens is 1. The fraction of sp³-hybridized carbons (Fsp3) is 0.522. The Morgan fingerprint density at radius 1 is 1.24 bits per heavy atom. The fourth-order valence-corrected chi connectivity index (χ4v) is 3.56. The van der Waals surface area contributed by atoms with E-state index in [1.165, 1.54) is 54.4 Å². The average molecular weight is 339 g/mol. The van der Waals surface area contributed by atoms with Crippen LogP contribution in [0, 0.1) is 5.92 Å². The summed E-state index contributed by atoms with van der Waals surface area (Å²) in [6.45, 7) is 14.7. The first kappa shape index (κ1) is 19.5. The van der Waals surface area contributed by atoms with E-state index >= 15 is 0 Å². The zero-order valence-electron chi connectivity index (χ0n) is 16.7. The Morgan fingerprint density at radius 3 is 2.52 bits per heavy atom. The molecule has 0 atom stereocenters. The van der Waals surface area contributed by atoms with E-state index in [9.17, 15) is 0 Å². The first-order valence-electron chi connectivity index (χ1n) is 9.65. The topological polar surface area (TPSA) is 24.9 Å². The van der Waals surface area contributed by atoms with Crippen molar-refractivity contribution in [2.45, 2.75) is 73.1 Å². The third-order valence-corrected chi connectivity index (χ3v) is 5.65. The first-order valence-corrected chi connectivity index (χ1v) is 9.65.